The third-order valence-corrected chi connectivity index (χ3v) is 3.93. The lowest BCUT2D eigenvalue weighted by Gasteiger charge is -2.20. The minimum atomic E-state index is 0.116. The third kappa shape index (κ3) is 2.67. The standard InChI is InChI=1S/C11H18N4O/c12-15-14-4-3-13-11(16)7-10-6-8-1-2-9(10)5-8/h8-10H,1-7H2,(H,13,16). The van der Waals surface area contributed by atoms with Crippen molar-refractivity contribution >= 4 is 5.91 Å². The Bertz CT molecular complexity index is 311. The van der Waals surface area contributed by atoms with Gasteiger partial charge in [0, 0.05) is 24.4 Å². The molecule has 0 aromatic heterocycles. The van der Waals surface area contributed by atoms with E-state index < -0.39 is 0 Å². The summed E-state index contributed by atoms with van der Waals surface area (Å²) < 4.78 is 0. The molecule has 2 fully saturated rings. The van der Waals surface area contributed by atoms with E-state index in [9.17, 15) is 4.79 Å². The molecule has 0 aromatic carbocycles. The molecule has 0 aromatic rings. The molecule has 1 N–H and O–H groups in total. The molecule has 5 nitrogen and oxygen atoms in total. The molecule has 2 saturated carbocycles. The fourth-order valence-corrected chi connectivity index (χ4v) is 3.23. The second-order valence-corrected chi connectivity index (χ2v) is 4.94. The Hall–Kier alpha value is -1.22. The summed E-state index contributed by atoms with van der Waals surface area (Å²) in [4.78, 5) is 14.2. The number of carbonyl (C=O) groups is 1. The normalized spacial score (nSPS) is 31.1. The first-order valence-electron chi connectivity index (χ1n) is 6.07. The SMILES string of the molecule is [N-]=[N+]=NCCNC(=O)CC1CC2CCC1C2. The van der Waals surface area contributed by atoms with E-state index in [1.165, 1.54) is 25.7 Å². The van der Waals surface area contributed by atoms with Crippen LogP contribution in [0.3, 0.4) is 0 Å². The Morgan fingerprint density at radius 3 is 2.94 bits per heavy atom. The highest BCUT2D eigenvalue weighted by Crippen LogP contribution is 2.49. The van der Waals surface area contributed by atoms with Crippen LogP contribution in [-0.2, 0) is 4.79 Å². The first-order chi connectivity index (χ1) is 7.79. The van der Waals surface area contributed by atoms with Crippen molar-refractivity contribution in [3.63, 3.8) is 0 Å². The summed E-state index contributed by atoms with van der Waals surface area (Å²) in [5.74, 6) is 2.42. The molecule has 3 unspecified atom stereocenters. The van der Waals surface area contributed by atoms with Crippen molar-refractivity contribution in [3.05, 3.63) is 10.4 Å². The molecule has 16 heavy (non-hydrogen) atoms. The molecular formula is C11H18N4O. The zero-order valence-electron chi connectivity index (χ0n) is 9.43. The number of azide groups is 1. The van der Waals surface area contributed by atoms with Crippen molar-refractivity contribution in [2.24, 2.45) is 22.9 Å². The van der Waals surface area contributed by atoms with E-state index >= 15 is 0 Å². The Morgan fingerprint density at radius 1 is 1.44 bits per heavy atom. The van der Waals surface area contributed by atoms with E-state index in [0.717, 1.165) is 11.8 Å². The number of nitrogens with zero attached hydrogens (tertiary/aromatic N) is 3. The summed E-state index contributed by atoms with van der Waals surface area (Å²) in [5, 5.41) is 6.18. The predicted octanol–water partition coefficient (Wildman–Crippen LogP) is 2.24. The minimum absolute atomic E-state index is 0.116. The van der Waals surface area contributed by atoms with Crippen LogP contribution in [0.5, 0.6) is 0 Å². The summed E-state index contributed by atoms with van der Waals surface area (Å²) >= 11 is 0. The van der Waals surface area contributed by atoms with Crippen molar-refractivity contribution in [1.82, 2.24) is 5.32 Å². The van der Waals surface area contributed by atoms with Gasteiger partial charge in [-0.25, -0.2) is 0 Å². The number of hydrogen-bond acceptors (Lipinski definition) is 2. The van der Waals surface area contributed by atoms with Crippen LogP contribution in [0.15, 0.2) is 5.11 Å². The lowest BCUT2D eigenvalue weighted by Crippen LogP contribution is -2.29. The monoisotopic (exact) mass is 222 g/mol. The maximum absolute atomic E-state index is 11.6. The van der Waals surface area contributed by atoms with Gasteiger partial charge in [-0.1, -0.05) is 11.5 Å². The molecule has 0 saturated heterocycles. The fraction of sp³-hybridized carbons (Fsp3) is 0.909. The molecule has 2 rings (SSSR count). The zero-order valence-corrected chi connectivity index (χ0v) is 9.43. The molecular weight excluding hydrogens is 204 g/mol. The van der Waals surface area contributed by atoms with E-state index in [2.05, 4.69) is 15.3 Å². The fourth-order valence-electron chi connectivity index (χ4n) is 3.23. The number of hydrogen-bond donors (Lipinski definition) is 1. The smallest absolute Gasteiger partial charge is 0.220 e. The van der Waals surface area contributed by atoms with E-state index in [-0.39, 0.29) is 5.91 Å². The number of rotatable bonds is 5. The first kappa shape index (κ1) is 11.3. The van der Waals surface area contributed by atoms with Gasteiger partial charge in [0.15, 0.2) is 0 Å². The van der Waals surface area contributed by atoms with Crippen LogP contribution in [0, 0.1) is 17.8 Å². The van der Waals surface area contributed by atoms with Crippen LogP contribution in [0.4, 0.5) is 0 Å². The molecule has 88 valence electrons. The van der Waals surface area contributed by atoms with Gasteiger partial charge in [0.2, 0.25) is 5.91 Å². The lowest BCUT2D eigenvalue weighted by molar-refractivity contribution is -0.122. The van der Waals surface area contributed by atoms with Gasteiger partial charge in [0.25, 0.3) is 0 Å². The average molecular weight is 222 g/mol. The van der Waals surface area contributed by atoms with Crippen molar-refractivity contribution < 1.29 is 4.79 Å². The highest BCUT2D eigenvalue weighted by atomic mass is 16.1. The number of fused-ring (bicyclic) bond motifs is 2. The summed E-state index contributed by atoms with van der Waals surface area (Å²) in [5.41, 5.74) is 8.08. The molecule has 0 aliphatic heterocycles. The highest BCUT2D eigenvalue weighted by molar-refractivity contribution is 5.76. The van der Waals surface area contributed by atoms with Gasteiger partial charge in [-0.15, -0.1) is 0 Å². The largest absolute Gasteiger partial charge is 0.356 e. The molecule has 3 atom stereocenters. The lowest BCUT2D eigenvalue weighted by atomic mass is 9.86. The Labute approximate surface area is 95.2 Å². The molecule has 0 radical (unpaired) electrons. The van der Waals surface area contributed by atoms with Gasteiger partial charge < -0.3 is 5.32 Å². The molecule has 5 heteroatoms. The van der Waals surface area contributed by atoms with Crippen LogP contribution >= 0.6 is 0 Å². The van der Waals surface area contributed by atoms with Crippen LogP contribution in [0.25, 0.3) is 10.4 Å². The van der Waals surface area contributed by atoms with Crippen molar-refractivity contribution in [3.8, 4) is 0 Å². The predicted molar refractivity (Wildman–Crippen MR) is 60.6 cm³/mol. The zero-order chi connectivity index (χ0) is 11.4. The van der Waals surface area contributed by atoms with Crippen LogP contribution in [0.1, 0.15) is 32.1 Å². The van der Waals surface area contributed by atoms with E-state index in [1.54, 1.807) is 0 Å². The number of carbonyl (C=O) groups excluding carboxylic acids is 1. The quantitative estimate of drug-likeness (QED) is 0.329. The van der Waals surface area contributed by atoms with Gasteiger partial charge in [-0.3, -0.25) is 4.79 Å². The molecule has 0 heterocycles. The Morgan fingerprint density at radius 2 is 2.31 bits per heavy atom. The van der Waals surface area contributed by atoms with Crippen molar-refractivity contribution in [2.45, 2.75) is 32.1 Å². The molecule has 2 aliphatic rings. The van der Waals surface area contributed by atoms with Crippen LogP contribution in [0.2, 0.25) is 0 Å². The van der Waals surface area contributed by atoms with Gasteiger partial charge in [0.05, 0.1) is 0 Å². The summed E-state index contributed by atoms with van der Waals surface area (Å²) in [6.45, 7) is 0.808. The first-order valence-corrected chi connectivity index (χ1v) is 6.07. The minimum Gasteiger partial charge on any atom is -0.356 e. The highest BCUT2D eigenvalue weighted by Gasteiger charge is 2.39. The second-order valence-electron chi connectivity index (χ2n) is 4.94. The van der Waals surface area contributed by atoms with E-state index in [4.69, 9.17) is 5.53 Å². The van der Waals surface area contributed by atoms with Gasteiger partial charge in [0.1, 0.15) is 0 Å². The topological polar surface area (TPSA) is 77.9 Å². The number of nitrogens with one attached hydrogen (secondary N) is 1. The number of amides is 1. The summed E-state index contributed by atoms with van der Waals surface area (Å²) in [6.07, 6.45) is 5.95. The van der Waals surface area contributed by atoms with Crippen molar-refractivity contribution in [2.75, 3.05) is 13.1 Å². The average Bonchev–Trinajstić information content (AvgIpc) is 2.86. The summed E-state index contributed by atoms with van der Waals surface area (Å²) in [6, 6.07) is 0. The maximum atomic E-state index is 11.6. The van der Waals surface area contributed by atoms with E-state index in [1.807, 2.05) is 0 Å². The van der Waals surface area contributed by atoms with Crippen LogP contribution < -0.4 is 5.32 Å². The molecule has 2 aliphatic carbocycles. The van der Waals surface area contributed by atoms with Gasteiger partial charge >= 0.3 is 0 Å². The van der Waals surface area contributed by atoms with Crippen LogP contribution in [-0.4, -0.2) is 19.0 Å². The summed E-state index contributed by atoms with van der Waals surface area (Å²) in [7, 11) is 0. The second kappa shape index (κ2) is 5.21. The third-order valence-electron chi connectivity index (χ3n) is 3.93. The Balaban J connectivity index is 1.65. The maximum Gasteiger partial charge on any atom is 0.220 e. The molecule has 2 bridgehead atoms. The van der Waals surface area contributed by atoms with Gasteiger partial charge in [-0.2, -0.15) is 0 Å². The molecule has 0 spiro atoms. The molecule has 1 amide bonds. The van der Waals surface area contributed by atoms with E-state index in [0.29, 0.717) is 25.4 Å². The Kier molecular flexibility index (Phi) is 3.67. The van der Waals surface area contributed by atoms with Gasteiger partial charge in [-0.05, 0) is 42.5 Å². The van der Waals surface area contributed by atoms with Crippen molar-refractivity contribution in [1.29, 1.82) is 0 Å².